The lowest BCUT2D eigenvalue weighted by atomic mass is 9.87. The molecule has 0 aromatic carbocycles. The van der Waals surface area contributed by atoms with Crippen molar-refractivity contribution in [3.05, 3.63) is 0 Å². The SMILES string of the molecule is CC(C)OC(=O)C(C)C.CCOC(=O)C(C)C.CCOC(=O)OCC(C)C.CCOP(=O)(NC(C(=O)OC)C(C)(C)C)C(C)C.COC[C@@H](C)OC(=O)C(C)C. The fourth-order valence-electron chi connectivity index (χ4n) is 3.10. The third-order valence-electron chi connectivity index (χ3n) is 6.18. The molecule has 0 heterocycles. The molecule has 0 aromatic heterocycles. The molecule has 0 radical (unpaired) electrons. The van der Waals surface area contributed by atoms with E-state index < -0.39 is 31.1 Å². The predicted octanol–water partition coefficient (Wildman–Crippen LogP) is 8.64. The van der Waals surface area contributed by atoms with Crippen LogP contribution in [-0.2, 0) is 61.4 Å². The molecule has 0 amide bonds. The molecule has 0 aromatic rings. The van der Waals surface area contributed by atoms with Gasteiger partial charge in [0, 0.05) is 12.8 Å². The summed E-state index contributed by atoms with van der Waals surface area (Å²) in [6.45, 7) is 37.0. The number of ether oxygens (including phenoxy) is 7. The maximum Gasteiger partial charge on any atom is 0.508 e. The van der Waals surface area contributed by atoms with E-state index in [9.17, 15) is 28.5 Å². The van der Waals surface area contributed by atoms with Crippen molar-refractivity contribution in [2.24, 2.45) is 29.1 Å². The first-order chi connectivity index (χ1) is 25.5. The van der Waals surface area contributed by atoms with E-state index in [4.69, 9.17) is 23.5 Å². The second-order valence-electron chi connectivity index (χ2n) is 15.4. The van der Waals surface area contributed by atoms with Gasteiger partial charge in [-0.1, -0.05) is 90.0 Å². The van der Waals surface area contributed by atoms with Gasteiger partial charge in [0.1, 0.15) is 12.1 Å². The van der Waals surface area contributed by atoms with E-state index in [1.165, 1.54) is 7.11 Å². The Labute approximate surface area is 340 Å². The van der Waals surface area contributed by atoms with Gasteiger partial charge in [-0.25, -0.2) is 9.88 Å². The van der Waals surface area contributed by atoms with Crippen molar-refractivity contribution in [1.29, 1.82) is 0 Å². The molecule has 0 spiro atoms. The number of rotatable bonds is 17. The molecule has 0 aliphatic heterocycles. The average molecular weight is 832 g/mol. The number of esters is 4. The summed E-state index contributed by atoms with van der Waals surface area (Å²) in [6.07, 6.45) is -0.703. The van der Waals surface area contributed by atoms with Gasteiger partial charge in [-0.3, -0.25) is 23.7 Å². The van der Waals surface area contributed by atoms with Gasteiger partial charge in [0.2, 0.25) is 0 Å². The molecular weight excluding hydrogens is 749 g/mol. The minimum atomic E-state index is -3.06. The van der Waals surface area contributed by atoms with Crippen molar-refractivity contribution < 1.29 is 66.2 Å². The minimum Gasteiger partial charge on any atom is -0.468 e. The van der Waals surface area contributed by atoms with Gasteiger partial charge in [-0.2, -0.15) is 0 Å². The molecule has 16 heteroatoms. The van der Waals surface area contributed by atoms with Crippen molar-refractivity contribution in [2.45, 2.75) is 155 Å². The van der Waals surface area contributed by atoms with E-state index in [-0.39, 0.29) is 53.5 Å². The second kappa shape index (κ2) is 35.4. The monoisotopic (exact) mass is 832 g/mol. The number of hydrogen-bond acceptors (Lipinski definition) is 14. The highest BCUT2D eigenvalue weighted by Gasteiger charge is 2.40. The van der Waals surface area contributed by atoms with Crippen LogP contribution in [0.25, 0.3) is 0 Å². The van der Waals surface area contributed by atoms with Crippen molar-refractivity contribution in [1.82, 2.24) is 5.09 Å². The van der Waals surface area contributed by atoms with Gasteiger partial charge in [-0.05, 0) is 52.9 Å². The van der Waals surface area contributed by atoms with Crippen LogP contribution in [-0.4, -0.2) is 101 Å². The molecule has 15 nitrogen and oxygen atoms in total. The van der Waals surface area contributed by atoms with Gasteiger partial charge < -0.3 is 37.7 Å². The maximum absolute atomic E-state index is 12.6. The number of hydrogen-bond donors (Lipinski definition) is 1. The van der Waals surface area contributed by atoms with Crippen LogP contribution in [0.4, 0.5) is 4.79 Å². The predicted molar refractivity (Wildman–Crippen MR) is 220 cm³/mol. The summed E-state index contributed by atoms with van der Waals surface area (Å²) in [5.41, 5.74) is -0.610. The van der Waals surface area contributed by atoms with Gasteiger partial charge in [0.05, 0.1) is 64.0 Å². The standard InChI is InChI=1S/C12H26NO4P.C8H16O3.C7H14O3.C7H14O2.C6H12O2/c1-8-17-18(15,9(2)3)13-10(11(14)16-7)12(4,5)6;1-6(2)8(9)11-7(3)5-10-4;1-4-9-7(8)10-5-6(2)3;1-5(2)7(8)9-6(3)4;1-4-8-6(7)5(2)3/h9-10H,8H2,1-7H3,(H,13,15);6-7H,5H2,1-4H3;6H,4-5H2,1-3H3;5-6H,1-4H3;5H,4H2,1-3H3/t;7-;;;/m.1.../s1. The molecule has 0 aliphatic rings. The molecule has 0 bridgehead atoms. The lowest BCUT2D eigenvalue weighted by molar-refractivity contribution is -0.154. The van der Waals surface area contributed by atoms with Crippen molar-refractivity contribution in [2.75, 3.05) is 47.3 Å². The summed E-state index contributed by atoms with van der Waals surface area (Å²) in [5.74, 6) is -0.531. The zero-order chi connectivity index (χ0) is 45.4. The van der Waals surface area contributed by atoms with Crippen LogP contribution in [0.5, 0.6) is 0 Å². The molecule has 1 N–H and O–H groups in total. The van der Waals surface area contributed by atoms with Crippen LogP contribution in [0, 0.1) is 29.1 Å². The lowest BCUT2D eigenvalue weighted by Gasteiger charge is -2.33. The zero-order valence-corrected chi connectivity index (χ0v) is 39.7. The van der Waals surface area contributed by atoms with Crippen molar-refractivity contribution in [3.8, 4) is 0 Å². The van der Waals surface area contributed by atoms with Crippen LogP contribution in [0.15, 0.2) is 0 Å². The van der Waals surface area contributed by atoms with Gasteiger partial charge >= 0.3 is 30.0 Å². The molecule has 56 heavy (non-hydrogen) atoms. The Kier molecular flexibility index (Phi) is 39.5. The molecule has 336 valence electrons. The second-order valence-corrected chi connectivity index (χ2v) is 18.1. The highest BCUT2D eigenvalue weighted by atomic mass is 31.2. The number of nitrogens with one attached hydrogen (secondary N) is 1. The third kappa shape index (κ3) is 38.1. The molecule has 0 saturated carbocycles. The summed E-state index contributed by atoms with van der Waals surface area (Å²) in [4.78, 5) is 54.5. The number of carbonyl (C=O) groups is 5. The smallest absolute Gasteiger partial charge is 0.468 e. The average Bonchev–Trinajstić information content (AvgIpc) is 3.06. The summed E-state index contributed by atoms with van der Waals surface area (Å²) < 4.78 is 51.3. The van der Waals surface area contributed by atoms with Crippen LogP contribution >= 0.6 is 7.52 Å². The van der Waals surface area contributed by atoms with E-state index in [1.807, 2.05) is 96.9 Å². The molecular formula is C40H82NO14P. The Morgan fingerprint density at radius 3 is 1.30 bits per heavy atom. The fraction of sp³-hybridized carbons (Fsp3) is 0.875. The minimum absolute atomic E-state index is 0.00704. The Morgan fingerprint density at radius 2 is 1.04 bits per heavy atom. The summed E-state index contributed by atoms with van der Waals surface area (Å²) >= 11 is 0. The highest BCUT2D eigenvalue weighted by Crippen LogP contribution is 2.49. The third-order valence-corrected chi connectivity index (χ3v) is 8.80. The maximum atomic E-state index is 12.6. The Balaban J connectivity index is -0.000000201. The highest BCUT2D eigenvalue weighted by molar-refractivity contribution is 7.57. The van der Waals surface area contributed by atoms with E-state index in [0.29, 0.717) is 39.0 Å². The normalized spacial score (nSPS) is 12.9. The first-order valence-electron chi connectivity index (χ1n) is 19.5. The van der Waals surface area contributed by atoms with E-state index in [0.717, 1.165) is 0 Å². The van der Waals surface area contributed by atoms with Crippen LogP contribution in [0.1, 0.15) is 132 Å². The van der Waals surface area contributed by atoms with Crippen LogP contribution in [0.2, 0.25) is 0 Å². The molecule has 2 unspecified atom stereocenters. The first kappa shape index (κ1) is 62.5. The topological polar surface area (TPSA) is 188 Å². The quantitative estimate of drug-likeness (QED) is 0.0832. The Hall–Kier alpha value is -2.74. The van der Waals surface area contributed by atoms with Gasteiger partial charge in [0.25, 0.3) is 7.52 Å². The molecule has 3 atom stereocenters. The molecule has 0 rings (SSSR count). The zero-order valence-electron chi connectivity index (χ0n) is 38.8. The Morgan fingerprint density at radius 1 is 0.589 bits per heavy atom. The van der Waals surface area contributed by atoms with Crippen molar-refractivity contribution >= 4 is 37.6 Å². The number of carbonyl (C=O) groups excluding carboxylic acids is 5. The van der Waals surface area contributed by atoms with Gasteiger partial charge in [0.15, 0.2) is 0 Å². The van der Waals surface area contributed by atoms with E-state index in [1.54, 1.807) is 41.7 Å². The van der Waals surface area contributed by atoms with E-state index in [2.05, 4.69) is 19.3 Å². The fourth-order valence-corrected chi connectivity index (χ4v) is 5.01. The molecule has 0 fully saturated rings. The summed E-state index contributed by atoms with van der Waals surface area (Å²) in [7, 11) is -0.156. The van der Waals surface area contributed by atoms with E-state index >= 15 is 0 Å². The van der Waals surface area contributed by atoms with Crippen LogP contribution < -0.4 is 5.09 Å². The molecule has 0 aliphatic carbocycles. The van der Waals surface area contributed by atoms with Crippen molar-refractivity contribution in [3.63, 3.8) is 0 Å². The van der Waals surface area contributed by atoms with Gasteiger partial charge in [-0.15, -0.1) is 0 Å². The molecule has 0 saturated heterocycles. The number of methoxy groups -OCH3 is 2. The summed E-state index contributed by atoms with van der Waals surface area (Å²) in [5, 5.41) is 2.88. The first-order valence-corrected chi connectivity index (χ1v) is 21.2. The summed E-state index contributed by atoms with van der Waals surface area (Å²) in [6, 6.07) is -0.665. The Bertz CT molecular complexity index is 1090. The largest absolute Gasteiger partial charge is 0.508 e. The van der Waals surface area contributed by atoms with Crippen LogP contribution in [0.3, 0.4) is 0 Å². The lowest BCUT2D eigenvalue weighted by Crippen LogP contribution is -2.46.